The molecule has 0 spiro atoms. The lowest BCUT2D eigenvalue weighted by Crippen LogP contribution is -2.10. The molecular formula is C12H13N5S. The first-order valence-electron chi connectivity index (χ1n) is 5.67. The smallest absolute Gasteiger partial charge is 0.203 e. The standard InChI is InChI=1S/C12H13N5S/c1-7-3-4-9-10(15-7)17(12(13)16-9)8(2)11-14-5-6-18-11/h3-6,8H,1-2H3,(H2,13,16). The third-order valence-corrected chi connectivity index (χ3v) is 3.85. The Balaban J connectivity index is 2.22. The van der Waals surface area contributed by atoms with Crippen molar-refractivity contribution in [3.05, 3.63) is 34.4 Å². The highest BCUT2D eigenvalue weighted by Gasteiger charge is 2.18. The van der Waals surface area contributed by atoms with E-state index in [9.17, 15) is 0 Å². The Bertz CT molecular complexity index is 686. The average Bonchev–Trinajstić information content (AvgIpc) is 2.94. The zero-order valence-electron chi connectivity index (χ0n) is 10.2. The molecule has 18 heavy (non-hydrogen) atoms. The van der Waals surface area contributed by atoms with Crippen LogP contribution < -0.4 is 5.73 Å². The number of imidazole rings is 1. The number of anilines is 1. The zero-order valence-corrected chi connectivity index (χ0v) is 11.0. The second kappa shape index (κ2) is 4.06. The minimum absolute atomic E-state index is 0.0456. The van der Waals surface area contributed by atoms with Crippen LogP contribution in [-0.4, -0.2) is 19.5 Å². The van der Waals surface area contributed by atoms with Crippen molar-refractivity contribution in [2.24, 2.45) is 0 Å². The number of aromatic nitrogens is 4. The number of fused-ring (bicyclic) bond motifs is 1. The molecule has 3 rings (SSSR count). The summed E-state index contributed by atoms with van der Waals surface area (Å²) in [7, 11) is 0. The van der Waals surface area contributed by atoms with Gasteiger partial charge in [0.15, 0.2) is 5.65 Å². The van der Waals surface area contributed by atoms with Gasteiger partial charge in [-0.25, -0.2) is 15.0 Å². The molecule has 0 fully saturated rings. The van der Waals surface area contributed by atoms with E-state index in [2.05, 4.69) is 21.9 Å². The summed E-state index contributed by atoms with van der Waals surface area (Å²) in [5.74, 6) is 0.478. The van der Waals surface area contributed by atoms with Gasteiger partial charge < -0.3 is 5.73 Å². The zero-order chi connectivity index (χ0) is 12.7. The topological polar surface area (TPSA) is 69.6 Å². The van der Waals surface area contributed by atoms with Crippen molar-refractivity contribution in [1.29, 1.82) is 0 Å². The predicted octanol–water partition coefficient (Wildman–Crippen LogP) is 2.39. The molecule has 3 aromatic heterocycles. The van der Waals surface area contributed by atoms with Gasteiger partial charge in [0.05, 0.1) is 6.04 Å². The Morgan fingerprint density at radius 2 is 2.17 bits per heavy atom. The number of nitrogen functional groups attached to an aromatic ring is 1. The van der Waals surface area contributed by atoms with Crippen molar-refractivity contribution in [2.45, 2.75) is 19.9 Å². The third-order valence-electron chi connectivity index (χ3n) is 2.90. The number of hydrogen-bond acceptors (Lipinski definition) is 5. The van der Waals surface area contributed by atoms with Gasteiger partial charge in [0.25, 0.3) is 0 Å². The van der Waals surface area contributed by atoms with Gasteiger partial charge in [-0.2, -0.15) is 0 Å². The summed E-state index contributed by atoms with van der Waals surface area (Å²) in [4.78, 5) is 13.2. The van der Waals surface area contributed by atoms with Crippen molar-refractivity contribution in [1.82, 2.24) is 19.5 Å². The third kappa shape index (κ3) is 1.65. The van der Waals surface area contributed by atoms with Crippen LogP contribution in [0, 0.1) is 6.92 Å². The highest BCUT2D eigenvalue weighted by atomic mass is 32.1. The van der Waals surface area contributed by atoms with E-state index in [1.165, 1.54) is 0 Å². The Kier molecular flexibility index (Phi) is 2.52. The maximum Gasteiger partial charge on any atom is 0.203 e. The van der Waals surface area contributed by atoms with Gasteiger partial charge >= 0.3 is 0 Å². The molecule has 0 saturated carbocycles. The lowest BCUT2D eigenvalue weighted by molar-refractivity contribution is 0.657. The molecule has 0 bridgehead atoms. The van der Waals surface area contributed by atoms with Crippen molar-refractivity contribution in [2.75, 3.05) is 5.73 Å². The molecule has 0 radical (unpaired) electrons. The highest BCUT2D eigenvalue weighted by molar-refractivity contribution is 7.09. The van der Waals surface area contributed by atoms with E-state index in [4.69, 9.17) is 5.73 Å². The van der Waals surface area contributed by atoms with Crippen molar-refractivity contribution < 1.29 is 0 Å². The van der Waals surface area contributed by atoms with Crippen LogP contribution in [0.25, 0.3) is 11.2 Å². The second-order valence-corrected chi connectivity index (χ2v) is 5.11. The van der Waals surface area contributed by atoms with Crippen molar-refractivity contribution >= 4 is 28.4 Å². The average molecular weight is 259 g/mol. The monoisotopic (exact) mass is 259 g/mol. The summed E-state index contributed by atoms with van der Waals surface area (Å²) in [6, 6.07) is 3.93. The van der Waals surface area contributed by atoms with Crippen LogP contribution >= 0.6 is 11.3 Å². The molecule has 0 saturated heterocycles. The molecule has 1 atom stereocenters. The molecule has 3 aromatic rings. The molecular weight excluding hydrogens is 246 g/mol. The summed E-state index contributed by atoms with van der Waals surface area (Å²) in [6.45, 7) is 4.02. The minimum Gasteiger partial charge on any atom is -0.369 e. The van der Waals surface area contributed by atoms with Gasteiger partial charge in [0.1, 0.15) is 10.5 Å². The quantitative estimate of drug-likeness (QED) is 0.767. The van der Waals surface area contributed by atoms with E-state index in [0.29, 0.717) is 5.95 Å². The van der Waals surface area contributed by atoms with E-state index in [-0.39, 0.29) is 6.04 Å². The maximum atomic E-state index is 6.00. The first-order chi connectivity index (χ1) is 8.66. The van der Waals surface area contributed by atoms with Crippen molar-refractivity contribution in [3.63, 3.8) is 0 Å². The molecule has 92 valence electrons. The largest absolute Gasteiger partial charge is 0.369 e. The van der Waals surface area contributed by atoms with E-state index < -0.39 is 0 Å². The van der Waals surface area contributed by atoms with E-state index in [0.717, 1.165) is 21.9 Å². The summed E-state index contributed by atoms with van der Waals surface area (Å²) >= 11 is 1.61. The summed E-state index contributed by atoms with van der Waals surface area (Å²) in [5.41, 5.74) is 8.59. The lowest BCUT2D eigenvalue weighted by Gasteiger charge is -2.12. The van der Waals surface area contributed by atoms with Crippen LogP contribution in [0.1, 0.15) is 23.7 Å². The fourth-order valence-corrected chi connectivity index (χ4v) is 2.70. The maximum absolute atomic E-state index is 6.00. The molecule has 0 aromatic carbocycles. The van der Waals surface area contributed by atoms with Gasteiger partial charge in [0, 0.05) is 17.3 Å². The lowest BCUT2D eigenvalue weighted by atomic mass is 10.3. The molecule has 5 nitrogen and oxygen atoms in total. The predicted molar refractivity (Wildman–Crippen MR) is 72.6 cm³/mol. The molecule has 0 aliphatic rings. The van der Waals surface area contributed by atoms with Gasteiger partial charge in [-0.05, 0) is 26.0 Å². The Morgan fingerprint density at radius 3 is 2.89 bits per heavy atom. The summed E-state index contributed by atoms with van der Waals surface area (Å²) in [6.07, 6.45) is 1.80. The number of nitrogens with two attached hydrogens (primary N) is 1. The fraction of sp³-hybridized carbons (Fsp3) is 0.250. The highest BCUT2D eigenvalue weighted by Crippen LogP contribution is 2.27. The number of thiazole rings is 1. The van der Waals surface area contributed by atoms with Crippen LogP contribution in [0.15, 0.2) is 23.7 Å². The number of rotatable bonds is 2. The Labute approximate surface area is 108 Å². The normalized spacial score (nSPS) is 13.0. The van der Waals surface area contributed by atoms with Gasteiger partial charge in [0.2, 0.25) is 5.95 Å². The first kappa shape index (κ1) is 11.2. The number of nitrogens with zero attached hydrogens (tertiary/aromatic N) is 4. The molecule has 1 unspecified atom stereocenters. The van der Waals surface area contributed by atoms with E-state index in [1.54, 1.807) is 17.5 Å². The SMILES string of the molecule is Cc1ccc2nc(N)n(C(C)c3nccs3)c2n1. The molecule has 2 N–H and O–H groups in total. The number of aryl methyl sites for hydroxylation is 1. The fourth-order valence-electron chi connectivity index (χ4n) is 2.02. The van der Waals surface area contributed by atoms with E-state index >= 15 is 0 Å². The molecule has 0 aliphatic carbocycles. The van der Waals surface area contributed by atoms with Crippen LogP contribution in [0.3, 0.4) is 0 Å². The van der Waals surface area contributed by atoms with E-state index in [1.807, 2.05) is 29.0 Å². The number of pyridine rings is 1. The van der Waals surface area contributed by atoms with Crippen LogP contribution in [0.4, 0.5) is 5.95 Å². The molecule has 6 heteroatoms. The minimum atomic E-state index is 0.0456. The molecule has 0 aliphatic heterocycles. The van der Waals surface area contributed by atoms with Gasteiger partial charge in [-0.15, -0.1) is 11.3 Å². The number of hydrogen-bond donors (Lipinski definition) is 1. The van der Waals surface area contributed by atoms with Crippen LogP contribution in [-0.2, 0) is 0 Å². The molecule has 3 heterocycles. The Morgan fingerprint density at radius 1 is 1.33 bits per heavy atom. The Hall–Kier alpha value is -1.95. The van der Waals surface area contributed by atoms with Gasteiger partial charge in [-0.3, -0.25) is 4.57 Å². The van der Waals surface area contributed by atoms with Crippen molar-refractivity contribution in [3.8, 4) is 0 Å². The van der Waals surface area contributed by atoms with Crippen LogP contribution in [0.5, 0.6) is 0 Å². The van der Waals surface area contributed by atoms with Crippen LogP contribution in [0.2, 0.25) is 0 Å². The van der Waals surface area contributed by atoms with Gasteiger partial charge in [-0.1, -0.05) is 0 Å². The first-order valence-corrected chi connectivity index (χ1v) is 6.55. The summed E-state index contributed by atoms with van der Waals surface area (Å²) in [5, 5.41) is 2.96. The summed E-state index contributed by atoms with van der Waals surface area (Å²) < 4.78 is 1.93. The molecule has 0 amide bonds. The second-order valence-electron chi connectivity index (χ2n) is 4.18.